The van der Waals surface area contributed by atoms with Crippen LogP contribution in [0.3, 0.4) is 0 Å². The van der Waals surface area contributed by atoms with Crippen molar-refractivity contribution < 1.29 is 22.7 Å². The van der Waals surface area contributed by atoms with Crippen molar-refractivity contribution in [2.24, 2.45) is 5.14 Å². The third-order valence-electron chi connectivity index (χ3n) is 4.49. The lowest BCUT2D eigenvalue weighted by molar-refractivity contribution is -0.113. The van der Waals surface area contributed by atoms with Crippen LogP contribution in [-0.2, 0) is 14.8 Å². The first-order valence-electron chi connectivity index (χ1n) is 9.75. The predicted molar refractivity (Wildman–Crippen MR) is 129 cm³/mol. The van der Waals surface area contributed by atoms with Crippen molar-refractivity contribution in [2.45, 2.75) is 9.79 Å². The lowest BCUT2D eigenvalue weighted by atomic mass is 10.2. The van der Waals surface area contributed by atoms with Crippen LogP contribution in [-0.4, -0.2) is 33.1 Å². The molecule has 0 radical (unpaired) electrons. The fourth-order valence-corrected chi connectivity index (χ4v) is 4.54. The number of hydrogen-bond acceptors (Lipinski definition) is 7. The van der Waals surface area contributed by atoms with Gasteiger partial charge in [-0.15, -0.1) is 11.8 Å². The second kappa shape index (κ2) is 10.8. The highest BCUT2D eigenvalue weighted by Gasteiger charge is 2.18. The number of hydrogen-bond donors (Lipinski definition) is 3. The van der Waals surface area contributed by atoms with Gasteiger partial charge in [0.05, 0.1) is 30.1 Å². The van der Waals surface area contributed by atoms with Crippen LogP contribution in [0.25, 0.3) is 0 Å². The molecule has 11 heteroatoms. The summed E-state index contributed by atoms with van der Waals surface area (Å²) in [5.74, 6) is -0.707. The van der Waals surface area contributed by atoms with Gasteiger partial charge in [-0.1, -0.05) is 18.2 Å². The Morgan fingerprint density at radius 2 is 1.76 bits per heavy atom. The zero-order chi connectivity index (χ0) is 24.7. The van der Waals surface area contributed by atoms with Gasteiger partial charge in [0.25, 0.3) is 5.91 Å². The summed E-state index contributed by atoms with van der Waals surface area (Å²) in [5.41, 5.74) is 1.45. The second-order valence-electron chi connectivity index (χ2n) is 6.89. The number of nitriles is 1. The van der Waals surface area contributed by atoms with Crippen molar-refractivity contribution in [2.75, 3.05) is 23.5 Å². The van der Waals surface area contributed by atoms with Gasteiger partial charge in [0.1, 0.15) is 10.6 Å². The van der Waals surface area contributed by atoms with Crippen LogP contribution in [0.5, 0.6) is 5.75 Å². The van der Waals surface area contributed by atoms with E-state index in [1.807, 2.05) is 6.07 Å². The molecule has 0 fully saturated rings. The number of amides is 2. The van der Waals surface area contributed by atoms with E-state index in [1.165, 1.54) is 25.3 Å². The first-order chi connectivity index (χ1) is 16.2. The van der Waals surface area contributed by atoms with Gasteiger partial charge >= 0.3 is 0 Å². The molecule has 0 saturated heterocycles. The number of ether oxygens (including phenoxy) is 1. The van der Waals surface area contributed by atoms with E-state index < -0.39 is 15.9 Å². The number of sulfonamides is 1. The highest BCUT2D eigenvalue weighted by Crippen LogP contribution is 2.28. The Kier molecular flexibility index (Phi) is 7.91. The van der Waals surface area contributed by atoms with Crippen molar-refractivity contribution in [3.8, 4) is 11.8 Å². The maximum Gasteiger partial charge on any atom is 0.256 e. The molecule has 0 bridgehead atoms. The van der Waals surface area contributed by atoms with Gasteiger partial charge in [0.2, 0.25) is 15.9 Å². The topological polar surface area (TPSA) is 151 Å². The van der Waals surface area contributed by atoms with Crippen molar-refractivity contribution >= 4 is 45.0 Å². The lowest BCUT2D eigenvalue weighted by Gasteiger charge is -2.12. The lowest BCUT2D eigenvalue weighted by Crippen LogP contribution is -2.17. The van der Waals surface area contributed by atoms with E-state index in [1.54, 1.807) is 48.5 Å². The third kappa shape index (κ3) is 6.35. The molecule has 0 aliphatic heterocycles. The summed E-state index contributed by atoms with van der Waals surface area (Å²) in [5, 5.41) is 19.6. The number of nitrogens with two attached hydrogens (primary N) is 1. The van der Waals surface area contributed by atoms with Gasteiger partial charge in [0, 0.05) is 16.3 Å². The first-order valence-corrected chi connectivity index (χ1v) is 12.3. The number of carbonyl (C=O) groups excluding carboxylic acids is 2. The zero-order valence-corrected chi connectivity index (χ0v) is 19.6. The highest BCUT2D eigenvalue weighted by molar-refractivity contribution is 8.00. The SMILES string of the molecule is COc1ccc(NC(=O)c2ccccc2SCC(=O)Nc2cccc(C#N)c2)cc1S(N)(=O)=O. The van der Waals surface area contributed by atoms with Crippen LogP contribution in [0.15, 0.2) is 76.5 Å². The molecule has 3 rings (SSSR count). The maximum atomic E-state index is 12.9. The second-order valence-corrected chi connectivity index (χ2v) is 9.44. The van der Waals surface area contributed by atoms with Gasteiger partial charge in [-0.25, -0.2) is 13.6 Å². The summed E-state index contributed by atoms with van der Waals surface area (Å²) in [6.45, 7) is 0. The van der Waals surface area contributed by atoms with Crippen molar-refractivity contribution in [1.82, 2.24) is 0 Å². The van der Waals surface area contributed by atoms with E-state index in [0.717, 1.165) is 11.8 Å². The first kappa shape index (κ1) is 24.8. The Labute approximate surface area is 201 Å². The molecule has 0 spiro atoms. The molecule has 0 heterocycles. The number of primary sulfonamides is 1. The molecule has 0 aliphatic rings. The van der Waals surface area contributed by atoms with E-state index in [4.69, 9.17) is 15.1 Å². The fraction of sp³-hybridized carbons (Fsp3) is 0.0870. The molecule has 2 amide bonds. The third-order valence-corrected chi connectivity index (χ3v) is 6.50. The molecule has 174 valence electrons. The van der Waals surface area contributed by atoms with Gasteiger partial charge in [-0.3, -0.25) is 9.59 Å². The Bertz CT molecular complexity index is 1380. The van der Waals surface area contributed by atoms with Crippen LogP contribution < -0.4 is 20.5 Å². The Hall–Kier alpha value is -3.85. The molecule has 4 N–H and O–H groups in total. The van der Waals surface area contributed by atoms with E-state index >= 15 is 0 Å². The number of nitrogens with zero attached hydrogens (tertiary/aromatic N) is 1. The minimum Gasteiger partial charge on any atom is -0.495 e. The number of thioether (sulfide) groups is 1. The van der Waals surface area contributed by atoms with Crippen molar-refractivity contribution in [3.05, 3.63) is 77.9 Å². The van der Waals surface area contributed by atoms with E-state index in [0.29, 0.717) is 21.7 Å². The predicted octanol–water partition coefficient (Wildman–Crippen LogP) is 3.20. The van der Waals surface area contributed by atoms with Gasteiger partial charge in [0.15, 0.2) is 0 Å². The number of anilines is 2. The fourth-order valence-electron chi connectivity index (χ4n) is 2.96. The molecule has 0 aromatic heterocycles. The minimum absolute atomic E-state index is 0.0270. The molecule has 3 aromatic carbocycles. The Morgan fingerprint density at radius 1 is 1.03 bits per heavy atom. The molecule has 9 nitrogen and oxygen atoms in total. The molecule has 0 atom stereocenters. The summed E-state index contributed by atoms with van der Waals surface area (Å²) in [6.07, 6.45) is 0. The molecule has 3 aromatic rings. The number of rotatable bonds is 8. The van der Waals surface area contributed by atoms with E-state index in [-0.39, 0.29) is 28.0 Å². The quantitative estimate of drug-likeness (QED) is 0.405. The number of benzene rings is 3. The van der Waals surface area contributed by atoms with Gasteiger partial charge < -0.3 is 15.4 Å². The summed E-state index contributed by atoms with van der Waals surface area (Å²) in [4.78, 5) is 25.5. The Morgan fingerprint density at radius 3 is 2.47 bits per heavy atom. The molecule has 0 unspecified atom stereocenters. The molecular formula is C23H20N4O5S2. The number of methoxy groups -OCH3 is 1. The van der Waals surface area contributed by atoms with Crippen LogP contribution >= 0.6 is 11.8 Å². The number of carbonyl (C=O) groups is 2. The Balaban J connectivity index is 1.72. The molecule has 0 aliphatic carbocycles. The van der Waals surface area contributed by atoms with Crippen LogP contribution in [0.1, 0.15) is 15.9 Å². The van der Waals surface area contributed by atoms with E-state index in [9.17, 15) is 18.0 Å². The van der Waals surface area contributed by atoms with Crippen molar-refractivity contribution in [3.63, 3.8) is 0 Å². The molecule has 0 saturated carbocycles. The normalized spacial score (nSPS) is 10.7. The number of nitrogens with one attached hydrogen (secondary N) is 2. The van der Waals surface area contributed by atoms with Crippen LogP contribution in [0, 0.1) is 11.3 Å². The highest BCUT2D eigenvalue weighted by atomic mass is 32.2. The van der Waals surface area contributed by atoms with Gasteiger partial charge in [-0.2, -0.15) is 5.26 Å². The smallest absolute Gasteiger partial charge is 0.256 e. The summed E-state index contributed by atoms with van der Waals surface area (Å²) >= 11 is 1.16. The van der Waals surface area contributed by atoms with Crippen LogP contribution in [0.2, 0.25) is 0 Å². The standard InChI is InChI=1S/C23H20N4O5S2/c1-32-19-10-9-17(12-21(19)34(25,30)31)27-23(29)18-7-2-3-8-20(18)33-14-22(28)26-16-6-4-5-15(11-16)13-24/h2-12H,14H2,1H3,(H,26,28)(H,27,29)(H2,25,30,31). The largest absolute Gasteiger partial charge is 0.495 e. The van der Waals surface area contributed by atoms with Crippen molar-refractivity contribution in [1.29, 1.82) is 5.26 Å². The average molecular weight is 497 g/mol. The zero-order valence-electron chi connectivity index (χ0n) is 17.9. The minimum atomic E-state index is -4.07. The average Bonchev–Trinajstić information content (AvgIpc) is 2.82. The monoisotopic (exact) mass is 496 g/mol. The summed E-state index contributed by atoms with van der Waals surface area (Å²) < 4.78 is 28.7. The summed E-state index contributed by atoms with van der Waals surface area (Å²) in [6, 6.07) is 19.4. The van der Waals surface area contributed by atoms with Crippen LogP contribution in [0.4, 0.5) is 11.4 Å². The summed E-state index contributed by atoms with van der Waals surface area (Å²) in [7, 11) is -2.76. The molecular weight excluding hydrogens is 476 g/mol. The molecule has 34 heavy (non-hydrogen) atoms. The maximum absolute atomic E-state index is 12.9. The van der Waals surface area contributed by atoms with E-state index in [2.05, 4.69) is 10.6 Å². The van der Waals surface area contributed by atoms with Gasteiger partial charge in [-0.05, 0) is 48.5 Å².